The predicted molar refractivity (Wildman–Crippen MR) is 170 cm³/mol. The fraction of sp³-hybridized carbons (Fsp3) is 0.278. The van der Waals surface area contributed by atoms with E-state index in [4.69, 9.17) is 14.5 Å². The van der Waals surface area contributed by atoms with Crippen molar-refractivity contribution in [3.05, 3.63) is 107 Å². The van der Waals surface area contributed by atoms with Crippen molar-refractivity contribution in [2.75, 3.05) is 19.7 Å². The Morgan fingerprint density at radius 3 is 1.95 bits per heavy atom. The highest BCUT2D eigenvalue weighted by Gasteiger charge is 2.35. The summed E-state index contributed by atoms with van der Waals surface area (Å²) < 4.78 is 13.4. The molecule has 44 heavy (non-hydrogen) atoms. The molecule has 2 aromatic heterocycles. The molecule has 6 heterocycles. The van der Waals surface area contributed by atoms with Gasteiger partial charge in [0, 0.05) is 33.4 Å². The smallest absolute Gasteiger partial charge is 0.150 e. The minimum Gasteiger partial charge on any atom is -0.488 e. The molecule has 0 spiro atoms. The maximum absolute atomic E-state index is 6.91. The van der Waals surface area contributed by atoms with Gasteiger partial charge >= 0.3 is 0 Å². The first-order chi connectivity index (χ1) is 21.8. The quantitative estimate of drug-likeness (QED) is 0.183. The van der Waals surface area contributed by atoms with Crippen molar-refractivity contribution in [2.45, 2.75) is 43.9 Å². The molecule has 4 aliphatic heterocycles. The van der Waals surface area contributed by atoms with E-state index in [1.807, 2.05) is 18.5 Å². The molecule has 8 nitrogen and oxygen atoms in total. The van der Waals surface area contributed by atoms with Gasteiger partial charge in [-0.2, -0.15) is 0 Å². The summed E-state index contributed by atoms with van der Waals surface area (Å²) in [7, 11) is 0. The molecule has 0 radical (unpaired) electrons. The Hall–Kier alpha value is -4.66. The van der Waals surface area contributed by atoms with Gasteiger partial charge < -0.3 is 30.1 Å². The first kappa shape index (κ1) is 25.8. The standard InChI is InChI=1S/C36H34N6O2/c1-2-6-21(7-3-1)34-33-25-13-11-22(29-18-39-35(41-29)27-8-4-14-37-27)16-31(25)43-20-26(33)24-12-10-23(17-32(24)44-34)30-19-40-36(42-30)28-9-5-15-38-28/h1-3,6-7,10-13,16-19,27-28,34,37-38H,4-5,8-9,14-15,20H2,(H,39,41)(H,40,42). The number of rotatable bonds is 5. The molecule has 4 aliphatic rings. The molecule has 5 aromatic rings. The Labute approximate surface area is 256 Å². The number of aromatic amines is 2. The summed E-state index contributed by atoms with van der Waals surface area (Å²) in [6.45, 7) is 2.56. The summed E-state index contributed by atoms with van der Waals surface area (Å²) in [5, 5.41) is 7.06. The summed E-state index contributed by atoms with van der Waals surface area (Å²) in [6, 6.07) is 24.0. The highest BCUT2D eigenvalue weighted by Crippen LogP contribution is 2.52. The molecule has 220 valence electrons. The van der Waals surface area contributed by atoms with Crippen LogP contribution < -0.4 is 20.1 Å². The molecule has 9 rings (SSSR count). The maximum atomic E-state index is 6.91. The molecular weight excluding hydrogens is 548 g/mol. The Bertz CT molecular complexity index is 1880. The largest absolute Gasteiger partial charge is 0.488 e. The molecule has 8 heteroatoms. The third-order valence-corrected chi connectivity index (χ3v) is 9.48. The summed E-state index contributed by atoms with van der Waals surface area (Å²) in [5.74, 6) is 3.73. The van der Waals surface area contributed by atoms with E-state index in [1.165, 1.54) is 24.0 Å². The van der Waals surface area contributed by atoms with E-state index >= 15 is 0 Å². The van der Waals surface area contributed by atoms with Crippen LogP contribution in [0.1, 0.15) is 72.2 Å². The number of imidazole rings is 2. The lowest BCUT2D eigenvalue weighted by atomic mass is 9.83. The molecule has 0 aliphatic carbocycles. The number of nitrogens with zero attached hydrogens (tertiary/aromatic N) is 2. The minimum absolute atomic E-state index is 0.255. The number of fused-ring (bicyclic) bond motifs is 4. The lowest BCUT2D eigenvalue weighted by molar-refractivity contribution is 0.254. The number of benzene rings is 3. The first-order valence-corrected chi connectivity index (χ1v) is 15.7. The fourth-order valence-corrected chi connectivity index (χ4v) is 7.19. The number of nitrogens with one attached hydrogen (secondary N) is 4. The van der Waals surface area contributed by atoms with Crippen LogP contribution in [0, 0.1) is 0 Å². The Kier molecular flexibility index (Phi) is 6.16. The Balaban J connectivity index is 1.10. The average molecular weight is 583 g/mol. The third-order valence-electron chi connectivity index (χ3n) is 9.48. The van der Waals surface area contributed by atoms with Crippen LogP contribution in [0.2, 0.25) is 0 Å². The highest BCUT2D eigenvalue weighted by molar-refractivity contribution is 6.00. The van der Waals surface area contributed by atoms with E-state index in [9.17, 15) is 0 Å². The van der Waals surface area contributed by atoms with Gasteiger partial charge in [-0.25, -0.2) is 9.97 Å². The molecule has 3 unspecified atom stereocenters. The summed E-state index contributed by atoms with van der Waals surface area (Å²) >= 11 is 0. The van der Waals surface area contributed by atoms with Crippen molar-refractivity contribution in [3.63, 3.8) is 0 Å². The Morgan fingerprint density at radius 2 is 1.32 bits per heavy atom. The van der Waals surface area contributed by atoms with Gasteiger partial charge in [-0.3, -0.25) is 0 Å². The summed E-state index contributed by atoms with van der Waals surface area (Å²) in [4.78, 5) is 16.5. The van der Waals surface area contributed by atoms with E-state index in [2.05, 4.69) is 86.2 Å². The van der Waals surface area contributed by atoms with Crippen molar-refractivity contribution in [2.24, 2.45) is 0 Å². The number of aromatic nitrogens is 4. The SMILES string of the molecule is c1ccc(C2Oc3cc(-c4cnc(C5CCCN5)[nH]4)ccc3C3=C2c2ccc(-c4cnc(C5CCCN5)[nH]4)cc2OC3)cc1. The van der Waals surface area contributed by atoms with Gasteiger partial charge in [0.2, 0.25) is 0 Å². The van der Waals surface area contributed by atoms with Gasteiger partial charge in [0.15, 0.2) is 0 Å². The zero-order valence-electron chi connectivity index (χ0n) is 24.4. The monoisotopic (exact) mass is 582 g/mol. The molecule has 4 N–H and O–H groups in total. The highest BCUT2D eigenvalue weighted by atomic mass is 16.5. The number of H-pyrrole nitrogens is 2. The van der Waals surface area contributed by atoms with Crippen LogP contribution in [0.3, 0.4) is 0 Å². The second kappa shape index (κ2) is 10.5. The second-order valence-corrected chi connectivity index (χ2v) is 12.2. The van der Waals surface area contributed by atoms with Gasteiger partial charge in [-0.1, -0.05) is 54.6 Å². The second-order valence-electron chi connectivity index (χ2n) is 12.2. The van der Waals surface area contributed by atoms with Crippen LogP contribution in [0.15, 0.2) is 79.1 Å². The predicted octanol–water partition coefficient (Wildman–Crippen LogP) is 6.75. The molecule has 0 saturated carbocycles. The molecule has 0 bridgehead atoms. The van der Waals surface area contributed by atoms with Crippen LogP contribution in [-0.4, -0.2) is 39.6 Å². The molecule has 3 atom stereocenters. The first-order valence-electron chi connectivity index (χ1n) is 15.7. The zero-order valence-corrected chi connectivity index (χ0v) is 24.4. The lowest BCUT2D eigenvalue weighted by Crippen LogP contribution is -2.23. The van der Waals surface area contributed by atoms with Crippen LogP contribution in [-0.2, 0) is 0 Å². The molecule has 2 fully saturated rings. The van der Waals surface area contributed by atoms with E-state index in [0.29, 0.717) is 18.7 Å². The van der Waals surface area contributed by atoms with Crippen molar-refractivity contribution in [1.29, 1.82) is 0 Å². The van der Waals surface area contributed by atoms with Gasteiger partial charge in [-0.15, -0.1) is 0 Å². The topological polar surface area (TPSA) is 99.9 Å². The molecule has 2 saturated heterocycles. The maximum Gasteiger partial charge on any atom is 0.150 e. The van der Waals surface area contributed by atoms with Crippen LogP contribution >= 0.6 is 0 Å². The molecule has 0 amide bonds. The van der Waals surface area contributed by atoms with Crippen molar-refractivity contribution in [3.8, 4) is 34.0 Å². The van der Waals surface area contributed by atoms with E-state index in [-0.39, 0.29) is 6.10 Å². The van der Waals surface area contributed by atoms with Crippen LogP contribution in [0.4, 0.5) is 0 Å². The summed E-state index contributed by atoms with van der Waals surface area (Å²) in [5.41, 5.74) is 9.72. The van der Waals surface area contributed by atoms with Gasteiger partial charge in [0.1, 0.15) is 35.9 Å². The van der Waals surface area contributed by atoms with Crippen molar-refractivity contribution in [1.82, 2.24) is 30.6 Å². The van der Waals surface area contributed by atoms with E-state index in [0.717, 1.165) is 88.3 Å². The zero-order chi connectivity index (χ0) is 29.0. The van der Waals surface area contributed by atoms with Gasteiger partial charge in [-0.05, 0) is 56.5 Å². The molecule has 3 aromatic carbocycles. The van der Waals surface area contributed by atoms with E-state index < -0.39 is 0 Å². The normalized spacial score (nSPS) is 22.2. The lowest BCUT2D eigenvalue weighted by Gasteiger charge is -2.35. The number of ether oxygens (including phenoxy) is 2. The van der Waals surface area contributed by atoms with E-state index in [1.54, 1.807) is 0 Å². The third kappa shape index (κ3) is 4.36. The van der Waals surface area contributed by atoms with Crippen LogP contribution in [0.25, 0.3) is 33.7 Å². The fourth-order valence-electron chi connectivity index (χ4n) is 7.19. The van der Waals surface area contributed by atoms with Crippen molar-refractivity contribution >= 4 is 11.1 Å². The van der Waals surface area contributed by atoms with Crippen LogP contribution in [0.5, 0.6) is 11.5 Å². The summed E-state index contributed by atoms with van der Waals surface area (Å²) in [6.07, 6.45) is 8.20. The average Bonchev–Trinajstić information content (AvgIpc) is 3.91. The number of hydrogen-bond acceptors (Lipinski definition) is 6. The van der Waals surface area contributed by atoms with Gasteiger partial charge in [0.05, 0.1) is 35.9 Å². The van der Waals surface area contributed by atoms with Gasteiger partial charge in [0.25, 0.3) is 0 Å². The number of hydrogen-bond donors (Lipinski definition) is 4. The molecular formula is C36H34N6O2. The van der Waals surface area contributed by atoms with Crippen molar-refractivity contribution < 1.29 is 9.47 Å². The Morgan fingerprint density at radius 1 is 0.682 bits per heavy atom. The minimum atomic E-state index is -0.255.